The molecule has 1 aliphatic rings. The van der Waals surface area contributed by atoms with Gasteiger partial charge in [-0.3, -0.25) is 9.48 Å². The zero-order chi connectivity index (χ0) is 8.84. The molecule has 0 aromatic carbocycles. The van der Waals surface area contributed by atoms with Gasteiger partial charge in [-0.25, -0.2) is 9.50 Å². The van der Waals surface area contributed by atoms with Crippen molar-refractivity contribution < 1.29 is 4.79 Å². The van der Waals surface area contributed by atoms with Crippen LogP contribution in [0.1, 0.15) is 22.7 Å². The van der Waals surface area contributed by atoms with Crippen LogP contribution in [0, 0.1) is 0 Å². The van der Waals surface area contributed by atoms with Gasteiger partial charge in [-0.15, -0.1) is 0 Å². The fourth-order valence-electron chi connectivity index (χ4n) is 1.80. The number of carbonyl (C=O) groups is 1. The van der Waals surface area contributed by atoms with Crippen molar-refractivity contribution >= 4 is 12.1 Å². The van der Waals surface area contributed by atoms with Gasteiger partial charge < -0.3 is 0 Å². The van der Waals surface area contributed by atoms with Crippen molar-refractivity contribution in [3.05, 3.63) is 17.7 Å². The largest absolute Gasteiger partial charge is 0.296 e. The minimum absolute atomic E-state index is 0.449. The van der Waals surface area contributed by atoms with Crippen LogP contribution in [0.5, 0.6) is 0 Å². The number of nitrogens with zero attached hydrogens (tertiary/aromatic N) is 4. The predicted molar refractivity (Wildman–Crippen MR) is 44.7 cm³/mol. The lowest BCUT2D eigenvalue weighted by Crippen LogP contribution is -2.00. The zero-order valence-electron chi connectivity index (χ0n) is 6.97. The van der Waals surface area contributed by atoms with E-state index in [0.29, 0.717) is 11.5 Å². The van der Waals surface area contributed by atoms with E-state index < -0.39 is 0 Å². The monoisotopic (exact) mass is 176 g/mol. The molecule has 1 aliphatic heterocycles. The Balaban J connectivity index is 2.33. The third-order valence-corrected chi connectivity index (χ3v) is 2.37. The van der Waals surface area contributed by atoms with Gasteiger partial charge in [0.25, 0.3) is 5.78 Å². The molecular weight excluding hydrogens is 168 g/mol. The first kappa shape index (κ1) is 6.82. The van der Waals surface area contributed by atoms with Crippen LogP contribution in [0.15, 0.2) is 6.20 Å². The average Bonchev–Trinajstić information content (AvgIpc) is 2.72. The smallest absolute Gasteiger partial charge is 0.251 e. The van der Waals surface area contributed by atoms with Gasteiger partial charge in [0.15, 0.2) is 6.29 Å². The van der Waals surface area contributed by atoms with Crippen LogP contribution in [0.25, 0.3) is 5.78 Å². The Hall–Kier alpha value is -1.65. The lowest BCUT2D eigenvalue weighted by atomic mass is 10.4. The van der Waals surface area contributed by atoms with E-state index in [1.165, 1.54) is 0 Å². The molecule has 0 spiro atoms. The molecule has 0 atom stereocenters. The SMILES string of the molecule is O=Cc1cn2c(n1)nc1n2CCC1. The molecule has 0 amide bonds. The molecule has 3 heterocycles. The van der Waals surface area contributed by atoms with Crippen LogP contribution in [0.4, 0.5) is 0 Å². The highest BCUT2D eigenvalue weighted by Crippen LogP contribution is 2.14. The van der Waals surface area contributed by atoms with Crippen molar-refractivity contribution in [2.45, 2.75) is 19.4 Å². The van der Waals surface area contributed by atoms with Gasteiger partial charge in [0, 0.05) is 13.0 Å². The fourth-order valence-corrected chi connectivity index (χ4v) is 1.80. The second kappa shape index (κ2) is 2.18. The van der Waals surface area contributed by atoms with Crippen molar-refractivity contribution in [1.82, 2.24) is 19.2 Å². The highest BCUT2D eigenvalue weighted by Gasteiger charge is 2.17. The lowest BCUT2D eigenvalue weighted by molar-refractivity contribution is 0.111. The number of aldehydes is 1. The van der Waals surface area contributed by atoms with Crippen molar-refractivity contribution in [2.24, 2.45) is 0 Å². The molecule has 0 saturated carbocycles. The third kappa shape index (κ3) is 0.783. The molecular formula is C8H8N4O. The first-order valence-electron chi connectivity index (χ1n) is 4.28. The third-order valence-electron chi connectivity index (χ3n) is 2.37. The topological polar surface area (TPSA) is 52.2 Å². The second-order valence-corrected chi connectivity index (χ2v) is 3.18. The van der Waals surface area contributed by atoms with Gasteiger partial charge in [0.05, 0.1) is 6.20 Å². The van der Waals surface area contributed by atoms with Crippen LogP contribution < -0.4 is 0 Å². The Morgan fingerprint density at radius 3 is 3.23 bits per heavy atom. The minimum atomic E-state index is 0.449. The number of aryl methyl sites for hydroxylation is 2. The summed E-state index contributed by atoms with van der Waals surface area (Å²) in [6, 6.07) is 0. The maximum Gasteiger partial charge on any atom is 0.251 e. The predicted octanol–water partition coefficient (Wildman–Crippen LogP) is 0.289. The summed E-state index contributed by atoms with van der Waals surface area (Å²) in [6.45, 7) is 0.973. The van der Waals surface area contributed by atoms with E-state index in [1.54, 1.807) is 6.20 Å². The maximum atomic E-state index is 10.5. The highest BCUT2D eigenvalue weighted by atomic mass is 16.1. The molecule has 0 radical (unpaired) electrons. The summed E-state index contributed by atoms with van der Waals surface area (Å²) in [5.41, 5.74) is 0.449. The highest BCUT2D eigenvalue weighted by molar-refractivity contribution is 5.72. The molecule has 0 unspecified atom stereocenters. The first-order valence-corrected chi connectivity index (χ1v) is 4.28. The normalized spacial score (nSPS) is 15.1. The molecule has 5 heteroatoms. The molecule has 0 saturated heterocycles. The number of aromatic nitrogens is 4. The molecule has 13 heavy (non-hydrogen) atoms. The second-order valence-electron chi connectivity index (χ2n) is 3.18. The average molecular weight is 176 g/mol. The van der Waals surface area contributed by atoms with Crippen molar-refractivity contribution in [1.29, 1.82) is 0 Å². The van der Waals surface area contributed by atoms with Gasteiger partial charge in [-0.2, -0.15) is 4.98 Å². The van der Waals surface area contributed by atoms with Crippen LogP contribution >= 0.6 is 0 Å². The molecule has 2 aromatic heterocycles. The van der Waals surface area contributed by atoms with Gasteiger partial charge in [0.1, 0.15) is 11.5 Å². The molecule has 66 valence electrons. The van der Waals surface area contributed by atoms with E-state index in [-0.39, 0.29) is 0 Å². The number of rotatable bonds is 1. The number of hydrogen-bond acceptors (Lipinski definition) is 3. The molecule has 0 N–H and O–H groups in total. The zero-order valence-corrected chi connectivity index (χ0v) is 6.97. The number of hydrogen-bond donors (Lipinski definition) is 0. The summed E-state index contributed by atoms with van der Waals surface area (Å²) in [4.78, 5) is 18.8. The van der Waals surface area contributed by atoms with E-state index in [2.05, 4.69) is 14.6 Å². The molecule has 0 fully saturated rings. The van der Waals surface area contributed by atoms with Gasteiger partial charge in [0.2, 0.25) is 0 Å². The van der Waals surface area contributed by atoms with Crippen LogP contribution in [-0.4, -0.2) is 25.5 Å². The van der Waals surface area contributed by atoms with E-state index in [1.807, 2.05) is 4.52 Å². The Bertz CT molecular complexity index is 482. The molecule has 2 aromatic rings. The van der Waals surface area contributed by atoms with Crippen LogP contribution in [-0.2, 0) is 13.0 Å². The molecule has 5 nitrogen and oxygen atoms in total. The summed E-state index contributed by atoms with van der Waals surface area (Å²) in [5, 5.41) is 0. The van der Waals surface area contributed by atoms with Gasteiger partial charge in [-0.1, -0.05) is 0 Å². The summed E-state index contributed by atoms with van der Waals surface area (Å²) >= 11 is 0. The Labute approximate surface area is 74.0 Å². The molecule has 0 bridgehead atoms. The maximum absolute atomic E-state index is 10.5. The number of carbonyl (C=O) groups excluding carboxylic acids is 1. The Morgan fingerprint density at radius 1 is 1.46 bits per heavy atom. The van der Waals surface area contributed by atoms with Crippen LogP contribution in [0.3, 0.4) is 0 Å². The Kier molecular flexibility index (Phi) is 1.15. The fraction of sp³-hybridized carbons (Fsp3) is 0.375. The van der Waals surface area contributed by atoms with Crippen molar-refractivity contribution in [3.8, 4) is 0 Å². The first-order chi connectivity index (χ1) is 6.38. The quantitative estimate of drug-likeness (QED) is 0.587. The standard InChI is InChI=1S/C8H8N4O/c13-5-6-4-12-8(9-6)10-7-2-1-3-11(7)12/h4-5H,1-3H2. The van der Waals surface area contributed by atoms with Crippen molar-refractivity contribution in [2.75, 3.05) is 0 Å². The van der Waals surface area contributed by atoms with E-state index in [0.717, 1.165) is 31.5 Å². The minimum Gasteiger partial charge on any atom is -0.296 e. The number of fused-ring (bicyclic) bond motifs is 3. The summed E-state index contributed by atoms with van der Waals surface area (Å²) in [5.74, 6) is 1.71. The summed E-state index contributed by atoms with van der Waals surface area (Å²) in [6.07, 6.45) is 4.62. The Morgan fingerprint density at radius 2 is 2.38 bits per heavy atom. The lowest BCUT2D eigenvalue weighted by Gasteiger charge is -1.95. The van der Waals surface area contributed by atoms with E-state index in [4.69, 9.17) is 0 Å². The van der Waals surface area contributed by atoms with Gasteiger partial charge >= 0.3 is 0 Å². The summed E-state index contributed by atoms with van der Waals surface area (Å²) < 4.78 is 3.92. The van der Waals surface area contributed by atoms with Gasteiger partial charge in [-0.05, 0) is 6.42 Å². The number of imidazole rings is 1. The van der Waals surface area contributed by atoms with Crippen molar-refractivity contribution in [3.63, 3.8) is 0 Å². The van der Waals surface area contributed by atoms with Crippen LogP contribution in [0.2, 0.25) is 0 Å². The molecule has 3 rings (SSSR count). The molecule has 0 aliphatic carbocycles. The van der Waals surface area contributed by atoms with E-state index in [9.17, 15) is 4.79 Å². The van der Waals surface area contributed by atoms with E-state index >= 15 is 0 Å². The summed E-state index contributed by atoms with van der Waals surface area (Å²) in [7, 11) is 0.